The lowest BCUT2D eigenvalue weighted by Gasteiger charge is -2.16. The van der Waals surface area contributed by atoms with Gasteiger partial charge in [-0.3, -0.25) is 4.79 Å². The predicted octanol–water partition coefficient (Wildman–Crippen LogP) is 2.38. The van der Waals surface area contributed by atoms with Crippen molar-refractivity contribution in [3.05, 3.63) is 29.6 Å². The van der Waals surface area contributed by atoms with Gasteiger partial charge in [0.2, 0.25) is 0 Å². The summed E-state index contributed by atoms with van der Waals surface area (Å²) in [5, 5.41) is 0. The molecule has 1 saturated heterocycles. The second kappa shape index (κ2) is 7.52. The molecule has 21 heavy (non-hydrogen) atoms. The lowest BCUT2D eigenvalue weighted by atomic mass is 10.1. The summed E-state index contributed by atoms with van der Waals surface area (Å²) < 4.78 is 24.1. The van der Waals surface area contributed by atoms with Crippen molar-refractivity contribution >= 4 is 5.78 Å². The smallest absolute Gasteiger partial charge is 0.170 e. The highest BCUT2D eigenvalue weighted by molar-refractivity contribution is 5.99. The number of hydrogen-bond acceptors (Lipinski definition) is 4. The molecule has 0 radical (unpaired) electrons. The monoisotopic (exact) mass is 295 g/mol. The van der Waals surface area contributed by atoms with Gasteiger partial charge in [0.15, 0.2) is 5.78 Å². The third kappa shape index (κ3) is 4.02. The molecule has 116 valence electrons. The van der Waals surface area contributed by atoms with E-state index >= 15 is 0 Å². The molecule has 1 aromatic rings. The standard InChI is InChI=1S/C16H22FNO3/c1-20-11-12-6-8-18(10-12)9-7-14(19)16-13(17)4-3-5-15(16)21-2/h3-5,12H,6-11H2,1-2H3. The maximum atomic E-state index is 13.8. The van der Waals surface area contributed by atoms with Gasteiger partial charge in [-0.25, -0.2) is 4.39 Å². The van der Waals surface area contributed by atoms with Crippen LogP contribution in [0.15, 0.2) is 18.2 Å². The van der Waals surface area contributed by atoms with E-state index in [9.17, 15) is 9.18 Å². The number of ketones is 1. The summed E-state index contributed by atoms with van der Waals surface area (Å²) in [4.78, 5) is 14.5. The Morgan fingerprint density at radius 1 is 1.43 bits per heavy atom. The van der Waals surface area contributed by atoms with E-state index < -0.39 is 5.82 Å². The van der Waals surface area contributed by atoms with Gasteiger partial charge in [-0.15, -0.1) is 0 Å². The van der Waals surface area contributed by atoms with Gasteiger partial charge in [0.05, 0.1) is 19.3 Å². The Hall–Kier alpha value is -1.46. The Morgan fingerprint density at radius 3 is 2.95 bits per heavy atom. The molecule has 0 aromatic heterocycles. The van der Waals surface area contributed by atoms with Crippen LogP contribution in [0.3, 0.4) is 0 Å². The van der Waals surface area contributed by atoms with Gasteiger partial charge in [0, 0.05) is 26.6 Å². The van der Waals surface area contributed by atoms with Crippen LogP contribution in [0.1, 0.15) is 23.2 Å². The maximum absolute atomic E-state index is 13.8. The lowest BCUT2D eigenvalue weighted by molar-refractivity contribution is 0.0959. The van der Waals surface area contributed by atoms with Gasteiger partial charge in [-0.05, 0) is 31.0 Å². The second-order valence-electron chi connectivity index (χ2n) is 5.40. The van der Waals surface area contributed by atoms with Crippen molar-refractivity contribution in [3.63, 3.8) is 0 Å². The number of ether oxygens (including phenoxy) is 2. The highest BCUT2D eigenvalue weighted by Crippen LogP contribution is 2.23. The molecule has 1 unspecified atom stereocenters. The van der Waals surface area contributed by atoms with Crippen LogP contribution in [0, 0.1) is 11.7 Å². The zero-order chi connectivity index (χ0) is 15.2. The highest BCUT2D eigenvalue weighted by Gasteiger charge is 2.24. The molecule has 1 aromatic carbocycles. The second-order valence-corrected chi connectivity index (χ2v) is 5.40. The molecule has 1 fully saturated rings. The summed E-state index contributed by atoms with van der Waals surface area (Å²) >= 11 is 0. The molecule has 5 heteroatoms. The summed E-state index contributed by atoms with van der Waals surface area (Å²) in [6, 6.07) is 4.45. The largest absolute Gasteiger partial charge is 0.496 e. The number of rotatable bonds is 7. The van der Waals surface area contributed by atoms with E-state index in [1.54, 1.807) is 19.2 Å². The average Bonchev–Trinajstić information content (AvgIpc) is 2.92. The van der Waals surface area contributed by atoms with Gasteiger partial charge >= 0.3 is 0 Å². The Morgan fingerprint density at radius 2 is 2.24 bits per heavy atom. The molecular weight excluding hydrogens is 273 g/mol. The minimum Gasteiger partial charge on any atom is -0.496 e. The molecule has 0 aliphatic carbocycles. The molecule has 1 atom stereocenters. The molecule has 0 amide bonds. The molecule has 1 heterocycles. The molecule has 1 aliphatic heterocycles. The summed E-state index contributed by atoms with van der Waals surface area (Å²) in [7, 11) is 3.15. The zero-order valence-corrected chi connectivity index (χ0v) is 12.6. The molecular formula is C16H22FNO3. The predicted molar refractivity (Wildman–Crippen MR) is 78.3 cm³/mol. The van der Waals surface area contributed by atoms with Crippen LogP contribution in [0.25, 0.3) is 0 Å². The number of carbonyl (C=O) groups is 1. The van der Waals surface area contributed by atoms with Crippen molar-refractivity contribution in [3.8, 4) is 5.75 Å². The number of likely N-dealkylation sites (tertiary alicyclic amines) is 1. The third-order valence-corrected chi connectivity index (χ3v) is 3.90. The van der Waals surface area contributed by atoms with Crippen molar-refractivity contribution in [1.82, 2.24) is 4.90 Å². The van der Waals surface area contributed by atoms with Crippen molar-refractivity contribution in [2.24, 2.45) is 5.92 Å². The number of nitrogens with zero attached hydrogens (tertiary/aromatic N) is 1. The molecule has 0 bridgehead atoms. The number of benzene rings is 1. The summed E-state index contributed by atoms with van der Waals surface area (Å²) in [5.41, 5.74) is 0.0626. The van der Waals surface area contributed by atoms with Gasteiger partial charge in [0.1, 0.15) is 11.6 Å². The molecule has 0 saturated carbocycles. The van der Waals surface area contributed by atoms with E-state index in [2.05, 4.69) is 4.90 Å². The Balaban J connectivity index is 1.91. The van der Waals surface area contributed by atoms with Crippen LogP contribution >= 0.6 is 0 Å². The normalized spacial score (nSPS) is 18.9. The van der Waals surface area contributed by atoms with E-state index in [-0.39, 0.29) is 11.3 Å². The number of Topliss-reactive ketones (excluding diaryl/α,β-unsaturated/α-hetero) is 1. The fourth-order valence-electron chi connectivity index (χ4n) is 2.82. The Labute approximate surface area is 124 Å². The molecule has 2 rings (SSSR count). The number of carbonyl (C=O) groups excluding carboxylic acids is 1. The SMILES string of the molecule is COCC1CCN(CCC(=O)c2c(F)cccc2OC)C1. The lowest BCUT2D eigenvalue weighted by Crippen LogP contribution is -2.25. The van der Waals surface area contributed by atoms with Crippen LogP contribution in [0.5, 0.6) is 5.75 Å². The molecule has 0 spiro atoms. The van der Waals surface area contributed by atoms with Gasteiger partial charge in [-0.2, -0.15) is 0 Å². The van der Waals surface area contributed by atoms with E-state index in [0.717, 1.165) is 26.1 Å². The van der Waals surface area contributed by atoms with E-state index in [0.29, 0.717) is 24.6 Å². The fraction of sp³-hybridized carbons (Fsp3) is 0.562. The number of halogens is 1. The number of hydrogen-bond donors (Lipinski definition) is 0. The van der Waals surface area contributed by atoms with E-state index in [4.69, 9.17) is 9.47 Å². The zero-order valence-electron chi connectivity index (χ0n) is 12.6. The minimum absolute atomic E-state index is 0.0626. The van der Waals surface area contributed by atoms with Crippen LogP contribution in [-0.2, 0) is 4.74 Å². The van der Waals surface area contributed by atoms with Crippen molar-refractivity contribution in [2.45, 2.75) is 12.8 Å². The first-order valence-corrected chi connectivity index (χ1v) is 7.22. The molecule has 0 N–H and O–H groups in total. The Bertz CT molecular complexity index is 492. The van der Waals surface area contributed by atoms with Crippen LogP contribution < -0.4 is 4.74 Å². The van der Waals surface area contributed by atoms with E-state index in [1.807, 2.05) is 0 Å². The fourth-order valence-corrected chi connectivity index (χ4v) is 2.82. The first-order chi connectivity index (χ1) is 10.2. The number of methoxy groups -OCH3 is 2. The first kappa shape index (κ1) is 15.9. The third-order valence-electron chi connectivity index (χ3n) is 3.90. The van der Waals surface area contributed by atoms with Gasteiger partial charge < -0.3 is 14.4 Å². The quantitative estimate of drug-likeness (QED) is 0.724. The molecule has 4 nitrogen and oxygen atoms in total. The van der Waals surface area contributed by atoms with E-state index in [1.165, 1.54) is 13.2 Å². The summed E-state index contributed by atoms with van der Waals surface area (Å²) in [5.74, 6) is 0.116. The van der Waals surface area contributed by atoms with Crippen molar-refractivity contribution < 1.29 is 18.7 Å². The van der Waals surface area contributed by atoms with Crippen LogP contribution in [-0.4, -0.2) is 51.1 Å². The van der Waals surface area contributed by atoms with Crippen molar-refractivity contribution in [1.29, 1.82) is 0 Å². The van der Waals surface area contributed by atoms with Crippen LogP contribution in [0.2, 0.25) is 0 Å². The van der Waals surface area contributed by atoms with Gasteiger partial charge in [0.25, 0.3) is 0 Å². The molecule has 1 aliphatic rings. The Kier molecular flexibility index (Phi) is 5.70. The average molecular weight is 295 g/mol. The first-order valence-electron chi connectivity index (χ1n) is 7.22. The summed E-state index contributed by atoms with van der Waals surface area (Å²) in [6.07, 6.45) is 1.39. The van der Waals surface area contributed by atoms with Gasteiger partial charge in [-0.1, -0.05) is 6.07 Å². The van der Waals surface area contributed by atoms with Crippen molar-refractivity contribution in [2.75, 3.05) is 40.5 Å². The highest BCUT2D eigenvalue weighted by atomic mass is 19.1. The maximum Gasteiger partial charge on any atom is 0.170 e. The minimum atomic E-state index is -0.516. The van der Waals surface area contributed by atoms with Crippen LogP contribution in [0.4, 0.5) is 4.39 Å². The summed E-state index contributed by atoms with van der Waals surface area (Å²) in [6.45, 7) is 3.31. The topological polar surface area (TPSA) is 38.8 Å².